The Morgan fingerprint density at radius 1 is 1.35 bits per heavy atom. The standard InChI is InChI=1S/C15H16ClNO3/c16-13-4-2-1-3-12(13)15(19)20-9-10-7-14(18)17(8-10)11-5-6-11/h1-4,10-11H,5-9H2/t10-/m0/s1. The molecule has 0 radical (unpaired) electrons. The van der Waals surface area contributed by atoms with Crippen LogP contribution in [0.15, 0.2) is 24.3 Å². The van der Waals surface area contributed by atoms with Crippen molar-refractivity contribution in [3.63, 3.8) is 0 Å². The lowest BCUT2D eigenvalue weighted by atomic mass is 10.1. The lowest BCUT2D eigenvalue weighted by Crippen LogP contribution is -2.27. The summed E-state index contributed by atoms with van der Waals surface area (Å²) in [6.07, 6.45) is 2.70. The van der Waals surface area contributed by atoms with Crippen LogP contribution in [0.3, 0.4) is 0 Å². The Hall–Kier alpha value is -1.55. The number of esters is 1. The summed E-state index contributed by atoms with van der Waals surface area (Å²) in [4.78, 5) is 25.7. The fraction of sp³-hybridized carbons (Fsp3) is 0.467. The van der Waals surface area contributed by atoms with Gasteiger partial charge in [0, 0.05) is 24.9 Å². The molecule has 5 heteroatoms. The zero-order chi connectivity index (χ0) is 14.1. The molecule has 1 aliphatic carbocycles. The van der Waals surface area contributed by atoms with Crippen molar-refractivity contribution < 1.29 is 14.3 Å². The van der Waals surface area contributed by atoms with Crippen LogP contribution in [0.2, 0.25) is 5.02 Å². The van der Waals surface area contributed by atoms with Crippen LogP contribution < -0.4 is 0 Å². The van der Waals surface area contributed by atoms with Gasteiger partial charge in [-0.3, -0.25) is 4.79 Å². The van der Waals surface area contributed by atoms with Gasteiger partial charge in [-0.25, -0.2) is 4.79 Å². The van der Waals surface area contributed by atoms with Crippen molar-refractivity contribution >= 4 is 23.5 Å². The average Bonchev–Trinajstić information content (AvgIpc) is 3.20. The van der Waals surface area contributed by atoms with E-state index in [0.29, 0.717) is 29.6 Å². The SMILES string of the molecule is O=C(OC[C@H]1CC(=O)N(C2CC2)C1)c1ccccc1Cl. The number of benzene rings is 1. The van der Waals surface area contributed by atoms with Crippen molar-refractivity contribution in [2.75, 3.05) is 13.2 Å². The first-order valence-electron chi connectivity index (χ1n) is 6.86. The van der Waals surface area contributed by atoms with E-state index >= 15 is 0 Å². The minimum absolute atomic E-state index is 0.106. The summed E-state index contributed by atoms with van der Waals surface area (Å²) in [7, 11) is 0. The zero-order valence-electron chi connectivity index (χ0n) is 11.0. The molecule has 106 valence electrons. The number of amides is 1. The third-order valence-electron chi connectivity index (χ3n) is 3.77. The van der Waals surface area contributed by atoms with Crippen LogP contribution in [-0.4, -0.2) is 36.0 Å². The molecule has 2 fully saturated rings. The largest absolute Gasteiger partial charge is 0.462 e. The maximum absolute atomic E-state index is 11.9. The molecule has 1 saturated carbocycles. The van der Waals surface area contributed by atoms with Crippen LogP contribution in [0, 0.1) is 5.92 Å². The normalized spacial score (nSPS) is 22.1. The fourth-order valence-electron chi connectivity index (χ4n) is 2.56. The third-order valence-corrected chi connectivity index (χ3v) is 4.10. The molecule has 20 heavy (non-hydrogen) atoms. The third kappa shape index (κ3) is 2.80. The van der Waals surface area contributed by atoms with E-state index in [2.05, 4.69) is 0 Å². The number of hydrogen-bond donors (Lipinski definition) is 0. The molecule has 1 heterocycles. The highest BCUT2D eigenvalue weighted by Crippen LogP contribution is 2.32. The number of carbonyl (C=O) groups excluding carboxylic acids is 2. The Morgan fingerprint density at radius 3 is 2.80 bits per heavy atom. The summed E-state index contributed by atoms with van der Waals surface area (Å²) in [6.45, 7) is 0.984. The second-order valence-corrected chi connectivity index (χ2v) is 5.83. The second-order valence-electron chi connectivity index (χ2n) is 5.43. The number of hydrogen-bond acceptors (Lipinski definition) is 3. The quantitative estimate of drug-likeness (QED) is 0.801. The molecule has 1 saturated heterocycles. The maximum atomic E-state index is 11.9. The lowest BCUT2D eigenvalue weighted by Gasteiger charge is -2.15. The molecule has 0 spiro atoms. The lowest BCUT2D eigenvalue weighted by molar-refractivity contribution is -0.128. The van der Waals surface area contributed by atoms with Gasteiger partial charge >= 0.3 is 5.97 Å². The Balaban J connectivity index is 1.54. The van der Waals surface area contributed by atoms with E-state index in [9.17, 15) is 9.59 Å². The zero-order valence-corrected chi connectivity index (χ0v) is 11.8. The molecule has 1 atom stereocenters. The van der Waals surface area contributed by atoms with Gasteiger partial charge in [0.1, 0.15) is 0 Å². The molecule has 1 aromatic rings. The molecule has 3 rings (SSSR count). The van der Waals surface area contributed by atoms with Gasteiger partial charge in [-0.05, 0) is 25.0 Å². The number of halogens is 1. The minimum atomic E-state index is -0.423. The predicted molar refractivity (Wildman–Crippen MR) is 74.6 cm³/mol. The number of ether oxygens (including phenoxy) is 1. The molecule has 0 unspecified atom stereocenters. The summed E-state index contributed by atoms with van der Waals surface area (Å²) < 4.78 is 5.29. The Kier molecular flexibility index (Phi) is 3.66. The van der Waals surface area contributed by atoms with Crippen molar-refractivity contribution in [2.45, 2.75) is 25.3 Å². The van der Waals surface area contributed by atoms with E-state index < -0.39 is 5.97 Å². The van der Waals surface area contributed by atoms with Crippen molar-refractivity contribution in [3.8, 4) is 0 Å². The summed E-state index contributed by atoms with van der Waals surface area (Å²) in [6, 6.07) is 7.25. The van der Waals surface area contributed by atoms with Crippen molar-refractivity contribution in [1.82, 2.24) is 4.90 Å². The van der Waals surface area contributed by atoms with Crippen LogP contribution in [0.1, 0.15) is 29.6 Å². The summed E-state index contributed by atoms with van der Waals surface area (Å²) in [5, 5.41) is 0.389. The van der Waals surface area contributed by atoms with E-state index in [0.717, 1.165) is 12.8 Å². The number of nitrogens with zero attached hydrogens (tertiary/aromatic N) is 1. The number of rotatable bonds is 4. The van der Waals surface area contributed by atoms with Crippen LogP contribution in [0.5, 0.6) is 0 Å². The minimum Gasteiger partial charge on any atom is -0.462 e. The van der Waals surface area contributed by atoms with E-state index in [1.165, 1.54) is 0 Å². The van der Waals surface area contributed by atoms with Gasteiger partial charge < -0.3 is 9.64 Å². The molecular formula is C15H16ClNO3. The van der Waals surface area contributed by atoms with Crippen LogP contribution >= 0.6 is 11.6 Å². The van der Waals surface area contributed by atoms with Crippen LogP contribution in [-0.2, 0) is 9.53 Å². The predicted octanol–water partition coefficient (Wildman–Crippen LogP) is 2.51. The second kappa shape index (κ2) is 5.44. The van der Waals surface area contributed by atoms with Crippen molar-refractivity contribution in [1.29, 1.82) is 0 Å². The van der Waals surface area contributed by atoms with Crippen LogP contribution in [0.25, 0.3) is 0 Å². The summed E-state index contributed by atoms with van der Waals surface area (Å²) >= 11 is 5.95. The van der Waals surface area contributed by atoms with Gasteiger partial charge in [0.25, 0.3) is 0 Å². The highest BCUT2D eigenvalue weighted by molar-refractivity contribution is 6.33. The van der Waals surface area contributed by atoms with E-state index in [1.54, 1.807) is 24.3 Å². The Bertz CT molecular complexity index is 542. The molecular weight excluding hydrogens is 278 g/mol. The summed E-state index contributed by atoms with van der Waals surface area (Å²) in [5.41, 5.74) is 0.373. The van der Waals surface area contributed by atoms with Gasteiger partial charge in [0.2, 0.25) is 5.91 Å². The Morgan fingerprint density at radius 2 is 2.10 bits per heavy atom. The van der Waals surface area contributed by atoms with Crippen LogP contribution in [0.4, 0.5) is 0 Å². The van der Waals surface area contributed by atoms with Gasteiger partial charge in [-0.1, -0.05) is 23.7 Å². The first-order valence-corrected chi connectivity index (χ1v) is 7.24. The molecule has 0 N–H and O–H groups in total. The summed E-state index contributed by atoms with van der Waals surface area (Å²) in [5.74, 6) is -0.131. The monoisotopic (exact) mass is 293 g/mol. The molecule has 0 aromatic heterocycles. The van der Waals surface area contributed by atoms with Gasteiger partial charge in [-0.2, -0.15) is 0 Å². The smallest absolute Gasteiger partial charge is 0.339 e. The molecule has 2 aliphatic rings. The average molecular weight is 294 g/mol. The fourth-order valence-corrected chi connectivity index (χ4v) is 2.77. The highest BCUT2D eigenvalue weighted by atomic mass is 35.5. The first kappa shape index (κ1) is 13.4. The van der Waals surface area contributed by atoms with E-state index in [-0.39, 0.29) is 18.4 Å². The van der Waals surface area contributed by atoms with Gasteiger partial charge in [0.15, 0.2) is 0 Å². The molecule has 1 aliphatic heterocycles. The number of likely N-dealkylation sites (tertiary alicyclic amines) is 1. The molecule has 1 amide bonds. The topological polar surface area (TPSA) is 46.6 Å². The van der Waals surface area contributed by atoms with Crippen molar-refractivity contribution in [2.24, 2.45) is 5.92 Å². The van der Waals surface area contributed by atoms with E-state index in [1.807, 2.05) is 4.90 Å². The van der Waals surface area contributed by atoms with E-state index in [4.69, 9.17) is 16.3 Å². The molecule has 0 bridgehead atoms. The number of carbonyl (C=O) groups is 2. The highest BCUT2D eigenvalue weighted by Gasteiger charge is 2.39. The van der Waals surface area contributed by atoms with Gasteiger partial charge in [0.05, 0.1) is 17.2 Å². The molecule has 1 aromatic carbocycles. The van der Waals surface area contributed by atoms with Crippen molar-refractivity contribution in [3.05, 3.63) is 34.9 Å². The maximum Gasteiger partial charge on any atom is 0.339 e. The van der Waals surface area contributed by atoms with Gasteiger partial charge in [-0.15, -0.1) is 0 Å². The Labute approximate surface area is 122 Å². The first-order chi connectivity index (χ1) is 9.65. The molecule has 4 nitrogen and oxygen atoms in total.